The summed E-state index contributed by atoms with van der Waals surface area (Å²) in [6.45, 7) is 3.50. The zero-order valence-electron chi connectivity index (χ0n) is 10.2. The van der Waals surface area contributed by atoms with E-state index >= 15 is 0 Å². The Labute approximate surface area is 96.8 Å². The zero-order valence-corrected chi connectivity index (χ0v) is 10.2. The van der Waals surface area contributed by atoms with Crippen molar-refractivity contribution >= 4 is 5.96 Å². The van der Waals surface area contributed by atoms with Gasteiger partial charge in [-0.2, -0.15) is 0 Å². The van der Waals surface area contributed by atoms with Gasteiger partial charge in [-0.25, -0.2) is 10.4 Å². The molecule has 0 saturated carbocycles. The number of nitrogens with two attached hydrogens (primary N) is 2. The molecule has 1 atom stereocenters. The first-order valence-corrected chi connectivity index (χ1v) is 5.59. The number of nitrogens with zero attached hydrogens (tertiary/aromatic N) is 2. The highest BCUT2D eigenvalue weighted by Crippen LogP contribution is 1.98. The second-order valence-electron chi connectivity index (χ2n) is 4.70. The van der Waals surface area contributed by atoms with Crippen molar-refractivity contribution in [3.8, 4) is 0 Å². The fourth-order valence-electron chi connectivity index (χ4n) is 1.60. The minimum Gasteiger partial charge on any atom is -0.338 e. The van der Waals surface area contributed by atoms with E-state index in [2.05, 4.69) is 10.6 Å². The van der Waals surface area contributed by atoms with Gasteiger partial charge in [-0.1, -0.05) is 0 Å². The smallest absolute Gasteiger partial charge is 0.291 e. The molecule has 0 bridgehead atoms. The van der Waals surface area contributed by atoms with Crippen molar-refractivity contribution in [1.29, 1.82) is 5.41 Å². The van der Waals surface area contributed by atoms with E-state index in [1.165, 1.54) is 0 Å². The molecule has 1 heterocycles. The molecule has 0 aliphatic carbocycles. The maximum Gasteiger partial charge on any atom is 0.291 e. The summed E-state index contributed by atoms with van der Waals surface area (Å²) < 4.78 is 0.437. The van der Waals surface area contributed by atoms with E-state index in [0.717, 1.165) is 32.6 Å². The number of guanidine groups is 1. The molecule has 0 amide bonds. The third-order valence-electron chi connectivity index (χ3n) is 2.92. The van der Waals surface area contributed by atoms with Crippen molar-refractivity contribution in [1.82, 2.24) is 15.6 Å². The molecule has 1 aliphatic heterocycles. The van der Waals surface area contributed by atoms with E-state index in [4.69, 9.17) is 17.0 Å². The van der Waals surface area contributed by atoms with Crippen LogP contribution in [0, 0.1) is 5.41 Å². The Balaban J connectivity index is 2.14. The number of rotatable bonds is 5. The van der Waals surface area contributed by atoms with Crippen LogP contribution in [0.5, 0.6) is 0 Å². The minimum absolute atomic E-state index is 0.0768. The summed E-state index contributed by atoms with van der Waals surface area (Å²) in [5.74, 6) is 5.94. The molecule has 0 aromatic carbocycles. The maximum atomic E-state index is 7.42. The van der Waals surface area contributed by atoms with Crippen LogP contribution >= 0.6 is 0 Å². The fraction of sp³-hybridized carbons (Fsp3) is 0.889. The standard InChI is InChI=1S/C9H24N7/c1-16(2,8(10)11)7-3-4-13-9-14-5-6-15(9)12/h9,13-14H,3-7,12H2,1-2H3,(H3,10,11)/q+1. The van der Waals surface area contributed by atoms with Gasteiger partial charge in [0.15, 0.2) is 0 Å². The molecule has 7 nitrogen and oxygen atoms in total. The Morgan fingerprint density at radius 3 is 2.81 bits per heavy atom. The lowest BCUT2D eigenvalue weighted by atomic mass is 10.3. The highest BCUT2D eigenvalue weighted by molar-refractivity contribution is 5.66. The number of quaternary nitrogens is 1. The monoisotopic (exact) mass is 230 g/mol. The van der Waals surface area contributed by atoms with Gasteiger partial charge >= 0.3 is 0 Å². The predicted molar refractivity (Wildman–Crippen MR) is 64.2 cm³/mol. The van der Waals surface area contributed by atoms with Gasteiger partial charge in [-0.15, -0.1) is 0 Å². The van der Waals surface area contributed by atoms with Gasteiger partial charge in [0.05, 0.1) is 20.6 Å². The second kappa shape index (κ2) is 5.55. The molecule has 0 spiro atoms. The summed E-state index contributed by atoms with van der Waals surface area (Å²) in [5, 5.41) is 15.7. The Morgan fingerprint density at radius 2 is 2.31 bits per heavy atom. The molecule has 1 unspecified atom stereocenters. The first kappa shape index (κ1) is 13.3. The van der Waals surface area contributed by atoms with Crippen molar-refractivity contribution in [2.75, 3.05) is 40.3 Å². The van der Waals surface area contributed by atoms with Crippen LogP contribution in [0.3, 0.4) is 0 Å². The Bertz CT molecular complexity index is 240. The van der Waals surface area contributed by atoms with Crippen LogP contribution in [0.15, 0.2) is 0 Å². The molecule has 7 heteroatoms. The second-order valence-corrected chi connectivity index (χ2v) is 4.70. The molecular weight excluding hydrogens is 206 g/mol. The van der Waals surface area contributed by atoms with Gasteiger partial charge in [0.25, 0.3) is 5.96 Å². The van der Waals surface area contributed by atoms with Crippen molar-refractivity contribution in [2.45, 2.75) is 12.7 Å². The van der Waals surface area contributed by atoms with Gasteiger partial charge in [-0.05, 0) is 0 Å². The SMILES string of the molecule is C[N+](C)(CCCNC1NCCN1N)C(=N)N. The van der Waals surface area contributed by atoms with E-state index in [9.17, 15) is 0 Å². The van der Waals surface area contributed by atoms with Gasteiger partial charge in [0, 0.05) is 26.1 Å². The van der Waals surface area contributed by atoms with Gasteiger partial charge in [0.1, 0.15) is 6.29 Å². The van der Waals surface area contributed by atoms with Crippen LogP contribution < -0.4 is 22.2 Å². The van der Waals surface area contributed by atoms with Crippen LogP contribution in [0.1, 0.15) is 6.42 Å². The Kier molecular flexibility index (Phi) is 4.63. The molecule has 7 N–H and O–H groups in total. The Morgan fingerprint density at radius 1 is 1.62 bits per heavy atom. The van der Waals surface area contributed by atoms with E-state index in [0.29, 0.717) is 4.48 Å². The summed E-state index contributed by atoms with van der Waals surface area (Å²) in [7, 11) is 3.87. The first-order valence-electron chi connectivity index (χ1n) is 5.59. The van der Waals surface area contributed by atoms with Crippen molar-refractivity contribution in [2.24, 2.45) is 11.6 Å². The lowest BCUT2D eigenvalue weighted by Crippen LogP contribution is -2.53. The van der Waals surface area contributed by atoms with E-state index in [1.807, 2.05) is 14.1 Å². The molecular formula is C9H24N7+. The molecule has 1 saturated heterocycles. The van der Waals surface area contributed by atoms with Gasteiger partial charge in [0.2, 0.25) is 0 Å². The maximum absolute atomic E-state index is 7.42. The van der Waals surface area contributed by atoms with Crippen molar-refractivity contribution in [3.63, 3.8) is 0 Å². The molecule has 16 heavy (non-hydrogen) atoms. The minimum atomic E-state index is 0.0768. The third kappa shape index (κ3) is 3.69. The topological polar surface area (TPSA) is 103 Å². The highest BCUT2D eigenvalue weighted by atomic mass is 15.6. The van der Waals surface area contributed by atoms with E-state index in [1.54, 1.807) is 5.01 Å². The van der Waals surface area contributed by atoms with Gasteiger partial charge < -0.3 is 5.73 Å². The van der Waals surface area contributed by atoms with E-state index in [-0.39, 0.29) is 12.2 Å². The molecule has 1 aliphatic rings. The Hall–Kier alpha value is -0.730. The number of hydrogen-bond acceptors (Lipinski definition) is 5. The molecule has 0 aromatic heterocycles. The molecule has 1 rings (SSSR count). The third-order valence-corrected chi connectivity index (χ3v) is 2.92. The summed E-state index contributed by atoms with van der Waals surface area (Å²) in [5.41, 5.74) is 5.49. The molecule has 0 radical (unpaired) electrons. The first-order chi connectivity index (χ1) is 7.43. The molecule has 0 aromatic rings. The predicted octanol–water partition coefficient (Wildman–Crippen LogP) is -2.00. The number of nitrogens with one attached hydrogen (secondary N) is 3. The quantitative estimate of drug-likeness (QED) is 0.124. The average molecular weight is 230 g/mol. The van der Waals surface area contributed by atoms with Crippen LogP contribution in [0.25, 0.3) is 0 Å². The van der Waals surface area contributed by atoms with Crippen LogP contribution in [0.2, 0.25) is 0 Å². The molecule has 94 valence electrons. The van der Waals surface area contributed by atoms with Gasteiger partial charge in [-0.3, -0.25) is 21.0 Å². The fourth-order valence-corrected chi connectivity index (χ4v) is 1.60. The molecule has 1 fully saturated rings. The largest absolute Gasteiger partial charge is 0.338 e. The van der Waals surface area contributed by atoms with Crippen LogP contribution in [0.4, 0.5) is 0 Å². The lowest BCUT2D eigenvalue weighted by molar-refractivity contribution is -0.801. The van der Waals surface area contributed by atoms with Crippen LogP contribution in [-0.4, -0.2) is 62.0 Å². The highest BCUT2D eigenvalue weighted by Gasteiger charge is 2.21. The zero-order chi connectivity index (χ0) is 12.2. The van der Waals surface area contributed by atoms with Crippen molar-refractivity contribution in [3.05, 3.63) is 0 Å². The summed E-state index contributed by atoms with van der Waals surface area (Å²) >= 11 is 0. The normalized spacial score (nSPS) is 22.6. The van der Waals surface area contributed by atoms with E-state index < -0.39 is 0 Å². The van der Waals surface area contributed by atoms with Crippen LogP contribution in [-0.2, 0) is 0 Å². The summed E-state index contributed by atoms with van der Waals surface area (Å²) in [6.07, 6.45) is 1.03. The summed E-state index contributed by atoms with van der Waals surface area (Å²) in [6, 6.07) is 0. The van der Waals surface area contributed by atoms with Crippen molar-refractivity contribution < 1.29 is 4.48 Å². The summed E-state index contributed by atoms with van der Waals surface area (Å²) in [4.78, 5) is 0. The number of hydrazine groups is 1. The number of hydrogen-bond donors (Lipinski definition) is 5. The lowest BCUT2D eigenvalue weighted by Gasteiger charge is -2.27. The average Bonchev–Trinajstić information content (AvgIpc) is 2.59.